The zero-order valence-corrected chi connectivity index (χ0v) is 11.2. The van der Waals surface area contributed by atoms with Crippen molar-refractivity contribution in [3.63, 3.8) is 0 Å². The highest BCUT2D eigenvalue weighted by atomic mass is 79.9. The van der Waals surface area contributed by atoms with Gasteiger partial charge >= 0.3 is 0 Å². The minimum Gasteiger partial charge on any atom is -0.324 e. The largest absolute Gasteiger partial charge is 0.324 e. The monoisotopic (exact) mass is 308 g/mol. The van der Waals surface area contributed by atoms with Crippen LogP contribution in [-0.4, -0.2) is 14.6 Å². The van der Waals surface area contributed by atoms with Crippen LogP contribution in [0.15, 0.2) is 34.1 Å². The van der Waals surface area contributed by atoms with E-state index in [1.54, 1.807) is 11.3 Å². The van der Waals surface area contributed by atoms with Gasteiger partial charge in [-0.2, -0.15) is 0 Å². The van der Waals surface area contributed by atoms with Crippen molar-refractivity contribution in [2.24, 2.45) is 5.73 Å². The third kappa shape index (κ3) is 1.88. The molecule has 3 aromatic rings. The average molecular weight is 309 g/mol. The number of rotatable bonds is 2. The Morgan fingerprint density at radius 3 is 2.76 bits per heavy atom. The zero-order chi connectivity index (χ0) is 11.8. The Kier molecular flexibility index (Phi) is 2.70. The first-order chi connectivity index (χ1) is 8.28. The van der Waals surface area contributed by atoms with Gasteiger partial charge in [-0.25, -0.2) is 9.50 Å². The maximum absolute atomic E-state index is 5.54. The normalized spacial score (nSPS) is 11.2. The van der Waals surface area contributed by atoms with Crippen molar-refractivity contribution in [3.8, 4) is 11.3 Å². The van der Waals surface area contributed by atoms with Gasteiger partial charge in [0.25, 0.3) is 0 Å². The van der Waals surface area contributed by atoms with Crippen LogP contribution in [0, 0.1) is 0 Å². The van der Waals surface area contributed by atoms with E-state index in [0.717, 1.165) is 20.7 Å². The fourth-order valence-electron chi connectivity index (χ4n) is 1.63. The Balaban J connectivity index is 2.16. The molecular formula is C11H9BrN4S. The summed E-state index contributed by atoms with van der Waals surface area (Å²) in [6, 6.07) is 8.13. The number of fused-ring (bicyclic) bond motifs is 1. The first-order valence-corrected chi connectivity index (χ1v) is 6.74. The number of aromatic nitrogens is 3. The number of nitrogens with two attached hydrogens (primary N) is 1. The Bertz CT molecular complexity index is 656. The van der Waals surface area contributed by atoms with Gasteiger partial charge < -0.3 is 5.73 Å². The maximum Gasteiger partial charge on any atom is 0.212 e. The first kappa shape index (κ1) is 10.9. The highest BCUT2D eigenvalue weighted by Crippen LogP contribution is 2.26. The molecule has 0 amide bonds. The Morgan fingerprint density at radius 1 is 1.29 bits per heavy atom. The highest BCUT2D eigenvalue weighted by molar-refractivity contribution is 9.10. The molecule has 0 atom stereocenters. The number of nitrogens with zero attached hydrogens (tertiary/aromatic N) is 3. The van der Waals surface area contributed by atoms with Gasteiger partial charge in [0.1, 0.15) is 0 Å². The molecule has 0 radical (unpaired) electrons. The molecule has 0 unspecified atom stereocenters. The van der Waals surface area contributed by atoms with Gasteiger partial charge in [-0.05, 0) is 12.1 Å². The number of hydrogen-bond donors (Lipinski definition) is 1. The fraction of sp³-hybridized carbons (Fsp3) is 0.0909. The molecule has 0 fully saturated rings. The second-order valence-corrected chi connectivity index (χ2v) is 5.31. The predicted octanol–water partition coefficient (Wildman–Crippen LogP) is 2.68. The Morgan fingerprint density at radius 2 is 2.06 bits per heavy atom. The van der Waals surface area contributed by atoms with Crippen molar-refractivity contribution in [1.29, 1.82) is 0 Å². The minimum absolute atomic E-state index is 0.369. The summed E-state index contributed by atoms with van der Waals surface area (Å²) in [6.45, 7) is 0.369. The lowest BCUT2D eigenvalue weighted by atomic mass is 10.2. The third-order valence-electron chi connectivity index (χ3n) is 2.45. The second-order valence-electron chi connectivity index (χ2n) is 3.55. The van der Waals surface area contributed by atoms with E-state index in [-0.39, 0.29) is 0 Å². The maximum atomic E-state index is 5.54. The van der Waals surface area contributed by atoms with E-state index in [1.807, 2.05) is 16.6 Å². The van der Waals surface area contributed by atoms with Crippen LogP contribution in [0.2, 0.25) is 0 Å². The summed E-state index contributed by atoms with van der Waals surface area (Å²) < 4.78 is 2.91. The van der Waals surface area contributed by atoms with Crippen LogP contribution in [0.3, 0.4) is 0 Å². The van der Waals surface area contributed by atoms with Gasteiger partial charge in [0.05, 0.1) is 12.2 Å². The molecule has 2 heterocycles. The number of benzene rings is 1. The lowest BCUT2D eigenvalue weighted by Gasteiger charge is -1.98. The van der Waals surface area contributed by atoms with Crippen LogP contribution < -0.4 is 5.73 Å². The highest BCUT2D eigenvalue weighted by Gasteiger charge is 2.10. The summed E-state index contributed by atoms with van der Waals surface area (Å²) in [7, 11) is 0. The van der Waals surface area contributed by atoms with E-state index in [2.05, 4.69) is 43.5 Å². The quantitative estimate of drug-likeness (QED) is 0.792. The van der Waals surface area contributed by atoms with Crippen LogP contribution in [0.25, 0.3) is 16.2 Å². The van der Waals surface area contributed by atoms with Crippen LogP contribution in [0.1, 0.15) is 5.82 Å². The van der Waals surface area contributed by atoms with Gasteiger partial charge in [-0.1, -0.05) is 28.1 Å². The smallest absolute Gasteiger partial charge is 0.212 e. The number of hydrogen-bond acceptors (Lipinski definition) is 4. The summed E-state index contributed by atoms with van der Waals surface area (Å²) in [4.78, 5) is 5.21. The molecule has 1 aromatic carbocycles. The lowest BCUT2D eigenvalue weighted by molar-refractivity contribution is 0.876. The van der Waals surface area contributed by atoms with E-state index in [9.17, 15) is 0 Å². The van der Waals surface area contributed by atoms with Crippen molar-refractivity contribution in [2.45, 2.75) is 6.54 Å². The molecule has 86 valence electrons. The van der Waals surface area contributed by atoms with E-state index < -0.39 is 0 Å². The molecule has 0 saturated carbocycles. The molecule has 17 heavy (non-hydrogen) atoms. The molecule has 6 heteroatoms. The molecule has 0 saturated heterocycles. The van der Waals surface area contributed by atoms with Crippen LogP contribution >= 0.6 is 27.3 Å². The molecule has 0 spiro atoms. The molecule has 0 bridgehead atoms. The number of thiazole rings is 1. The predicted molar refractivity (Wildman–Crippen MR) is 71.9 cm³/mol. The summed E-state index contributed by atoms with van der Waals surface area (Å²) in [5.41, 5.74) is 7.71. The lowest BCUT2D eigenvalue weighted by Crippen LogP contribution is -1.99. The van der Waals surface area contributed by atoms with Crippen LogP contribution in [0.4, 0.5) is 0 Å². The molecule has 0 aliphatic heterocycles. The zero-order valence-electron chi connectivity index (χ0n) is 8.80. The molecular weight excluding hydrogens is 300 g/mol. The van der Waals surface area contributed by atoms with Gasteiger partial charge in [-0.15, -0.1) is 16.4 Å². The van der Waals surface area contributed by atoms with Gasteiger partial charge in [0.2, 0.25) is 4.96 Å². The molecule has 3 rings (SSSR count). The second kappa shape index (κ2) is 4.21. The Hall–Kier alpha value is -1.24. The van der Waals surface area contributed by atoms with Crippen LogP contribution in [0.5, 0.6) is 0 Å². The third-order valence-corrected chi connectivity index (χ3v) is 3.79. The summed E-state index contributed by atoms with van der Waals surface area (Å²) in [6.07, 6.45) is 0. The van der Waals surface area contributed by atoms with Crippen molar-refractivity contribution in [2.75, 3.05) is 0 Å². The average Bonchev–Trinajstić information content (AvgIpc) is 2.89. The minimum atomic E-state index is 0.369. The van der Waals surface area contributed by atoms with Crippen molar-refractivity contribution < 1.29 is 0 Å². The van der Waals surface area contributed by atoms with E-state index >= 15 is 0 Å². The summed E-state index contributed by atoms with van der Waals surface area (Å²) >= 11 is 5.00. The topological polar surface area (TPSA) is 56.2 Å². The van der Waals surface area contributed by atoms with E-state index in [0.29, 0.717) is 12.4 Å². The SMILES string of the molecule is NCc1nc2scc(-c3ccc(Br)cc3)n2n1. The van der Waals surface area contributed by atoms with Gasteiger partial charge in [0, 0.05) is 15.4 Å². The van der Waals surface area contributed by atoms with Gasteiger partial charge in [0.15, 0.2) is 5.82 Å². The van der Waals surface area contributed by atoms with Gasteiger partial charge in [-0.3, -0.25) is 0 Å². The molecule has 0 aliphatic carbocycles. The molecule has 0 aliphatic rings. The van der Waals surface area contributed by atoms with Crippen molar-refractivity contribution >= 4 is 32.2 Å². The van der Waals surface area contributed by atoms with E-state index in [1.165, 1.54) is 0 Å². The number of halogens is 1. The summed E-state index contributed by atoms with van der Waals surface area (Å²) in [5.74, 6) is 0.676. The van der Waals surface area contributed by atoms with Crippen LogP contribution in [-0.2, 0) is 6.54 Å². The molecule has 4 nitrogen and oxygen atoms in total. The fourth-order valence-corrected chi connectivity index (χ4v) is 2.74. The summed E-state index contributed by atoms with van der Waals surface area (Å²) in [5, 5.41) is 6.42. The standard InChI is InChI=1S/C11H9BrN4S/c12-8-3-1-7(2-4-8)9-6-17-11-14-10(5-13)15-16(9)11/h1-4,6H,5,13H2. The van der Waals surface area contributed by atoms with Crippen molar-refractivity contribution in [3.05, 3.63) is 39.9 Å². The molecule has 2 N–H and O–H groups in total. The molecule has 2 aromatic heterocycles. The first-order valence-electron chi connectivity index (χ1n) is 5.07. The van der Waals surface area contributed by atoms with Crippen molar-refractivity contribution in [1.82, 2.24) is 14.6 Å². The Labute approximate surface area is 110 Å². The van der Waals surface area contributed by atoms with E-state index in [4.69, 9.17) is 5.73 Å².